The summed E-state index contributed by atoms with van der Waals surface area (Å²) >= 11 is 0. The van der Waals surface area contributed by atoms with E-state index in [9.17, 15) is 24.3 Å². The highest BCUT2D eigenvalue weighted by Crippen LogP contribution is 2.36. The molecule has 1 aromatic rings. The molecule has 198 valence electrons. The molecule has 0 unspecified atom stereocenters. The quantitative estimate of drug-likeness (QED) is 0.370. The zero-order valence-electron chi connectivity index (χ0n) is 21.4. The molecule has 0 aliphatic carbocycles. The molecular weight excluding hydrogens is 462 g/mol. The van der Waals surface area contributed by atoms with E-state index >= 15 is 0 Å². The maximum atomic E-state index is 14.0. The van der Waals surface area contributed by atoms with Crippen LogP contribution < -0.4 is 16.8 Å². The Balaban J connectivity index is 1.96. The van der Waals surface area contributed by atoms with E-state index in [1.807, 2.05) is 30.3 Å². The number of aliphatic hydroxyl groups is 1. The first kappa shape index (κ1) is 27.6. The van der Waals surface area contributed by atoms with Gasteiger partial charge in [0.1, 0.15) is 23.7 Å². The van der Waals surface area contributed by atoms with Gasteiger partial charge in [0.05, 0.1) is 6.10 Å². The van der Waals surface area contributed by atoms with Crippen molar-refractivity contribution in [2.75, 3.05) is 13.1 Å². The molecule has 6 N–H and O–H groups in total. The van der Waals surface area contributed by atoms with Gasteiger partial charge in [0.2, 0.25) is 23.6 Å². The lowest BCUT2D eigenvalue weighted by Gasteiger charge is -2.41. The van der Waals surface area contributed by atoms with Crippen molar-refractivity contribution in [3.05, 3.63) is 35.9 Å². The van der Waals surface area contributed by atoms with E-state index in [2.05, 4.69) is 5.32 Å². The molecule has 0 saturated carbocycles. The number of rotatable bonds is 9. The van der Waals surface area contributed by atoms with E-state index in [-0.39, 0.29) is 18.2 Å². The van der Waals surface area contributed by atoms with Crippen molar-refractivity contribution in [2.24, 2.45) is 17.4 Å². The molecule has 0 radical (unpaired) electrons. The smallest absolute Gasteiger partial charge is 0.246 e. The molecule has 10 heteroatoms. The number of nitrogens with one attached hydrogen (secondary N) is 1. The molecule has 2 aliphatic heterocycles. The monoisotopic (exact) mass is 501 g/mol. The number of primary amides is 1. The Hall–Kier alpha value is -2.98. The van der Waals surface area contributed by atoms with Crippen LogP contribution >= 0.6 is 0 Å². The Morgan fingerprint density at radius 2 is 1.78 bits per heavy atom. The Labute approximate surface area is 212 Å². The summed E-state index contributed by atoms with van der Waals surface area (Å²) in [5, 5.41) is 12.6. The van der Waals surface area contributed by atoms with Crippen LogP contribution in [0.4, 0.5) is 0 Å². The molecule has 0 spiro atoms. The summed E-state index contributed by atoms with van der Waals surface area (Å²) in [6.45, 7) is 5.74. The average Bonchev–Trinajstić information content (AvgIpc) is 3.49. The third kappa shape index (κ3) is 5.54. The van der Waals surface area contributed by atoms with Gasteiger partial charge in [0.25, 0.3) is 0 Å². The standard InChI is InChI=1S/C26H39N5O5/c1-16(2)21(22(28)33)29-25(36)26(15-18-9-5-4-6-10-18)12-8-14-31(26)23(34)19-11-7-13-30(19)24(35)20(27)17(3)32/h4-6,9-10,16-17,19-21,32H,7-8,11-15,27H2,1-3H3,(H2,28,33)(H,29,36)/t17-,19+,20+,21+,26-/m1/s1. The summed E-state index contributed by atoms with van der Waals surface area (Å²) in [7, 11) is 0. The van der Waals surface area contributed by atoms with E-state index in [1.165, 1.54) is 11.8 Å². The third-order valence-corrected chi connectivity index (χ3v) is 7.40. The van der Waals surface area contributed by atoms with E-state index < -0.39 is 47.5 Å². The topological polar surface area (TPSA) is 159 Å². The highest BCUT2D eigenvalue weighted by Gasteiger charge is 2.53. The summed E-state index contributed by atoms with van der Waals surface area (Å²) in [6, 6.07) is 6.65. The van der Waals surface area contributed by atoms with Crippen molar-refractivity contribution in [1.29, 1.82) is 0 Å². The molecule has 2 heterocycles. The van der Waals surface area contributed by atoms with Crippen LogP contribution in [-0.2, 0) is 25.6 Å². The summed E-state index contributed by atoms with van der Waals surface area (Å²) in [4.78, 5) is 55.9. The minimum atomic E-state index is -1.23. The van der Waals surface area contributed by atoms with Crippen LogP contribution in [0.2, 0.25) is 0 Å². The third-order valence-electron chi connectivity index (χ3n) is 7.40. The Kier molecular flexibility index (Phi) is 8.73. The van der Waals surface area contributed by atoms with Crippen LogP contribution in [0.5, 0.6) is 0 Å². The fourth-order valence-electron chi connectivity index (χ4n) is 5.34. The molecule has 1 aromatic carbocycles. The van der Waals surface area contributed by atoms with Gasteiger partial charge in [-0.3, -0.25) is 19.2 Å². The number of nitrogens with zero attached hydrogens (tertiary/aromatic N) is 2. The Bertz CT molecular complexity index is 969. The maximum absolute atomic E-state index is 14.0. The largest absolute Gasteiger partial charge is 0.391 e. The lowest BCUT2D eigenvalue weighted by atomic mass is 9.85. The number of nitrogens with two attached hydrogens (primary N) is 2. The molecule has 2 saturated heterocycles. The summed E-state index contributed by atoms with van der Waals surface area (Å²) in [5.41, 5.74) is 11.1. The SMILES string of the molecule is CC(C)[C@H](NC(=O)[C@]1(Cc2ccccc2)CCCN1C(=O)[C@@H]1CCCN1C(=O)[C@@H](N)[C@@H](C)O)C(N)=O. The van der Waals surface area contributed by atoms with Crippen molar-refractivity contribution in [3.63, 3.8) is 0 Å². The second-order valence-electron chi connectivity index (χ2n) is 10.3. The number of hydrogen-bond acceptors (Lipinski definition) is 6. The normalized spacial score (nSPS) is 24.4. The first-order valence-corrected chi connectivity index (χ1v) is 12.7. The van der Waals surface area contributed by atoms with E-state index in [0.717, 1.165) is 5.56 Å². The zero-order valence-corrected chi connectivity index (χ0v) is 21.4. The molecule has 5 atom stereocenters. The van der Waals surface area contributed by atoms with Crippen LogP contribution in [0.15, 0.2) is 30.3 Å². The second-order valence-corrected chi connectivity index (χ2v) is 10.3. The lowest BCUT2D eigenvalue weighted by Crippen LogP contribution is -2.64. The van der Waals surface area contributed by atoms with Crippen LogP contribution in [0, 0.1) is 5.92 Å². The van der Waals surface area contributed by atoms with Crippen LogP contribution in [0.25, 0.3) is 0 Å². The van der Waals surface area contributed by atoms with Crippen LogP contribution in [-0.4, -0.2) is 81.4 Å². The summed E-state index contributed by atoms with van der Waals surface area (Å²) in [6.07, 6.45) is 1.30. The molecule has 2 aliphatic rings. The van der Waals surface area contributed by atoms with Gasteiger partial charge in [-0.25, -0.2) is 0 Å². The predicted octanol–water partition coefficient (Wildman–Crippen LogP) is -0.0845. The molecule has 3 rings (SSSR count). The molecule has 2 fully saturated rings. The van der Waals surface area contributed by atoms with E-state index in [4.69, 9.17) is 11.5 Å². The predicted molar refractivity (Wildman–Crippen MR) is 134 cm³/mol. The number of carbonyl (C=O) groups excluding carboxylic acids is 4. The molecular formula is C26H39N5O5. The van der Waals surface area contributed by atoms with Crippen molar-refractivity contribution in [2.45, 2.75) is 82.6 Å². The molecule has 4 amide bonds. The summed E-state index contributed by atoms with van der Waals surface area (Å²) < 4.78 is 0. The maximum Gasteiger partial charge on any atom is 0.246 e. The van der Waals surface area contributed by atoms with Crippen molar-refractivity contribution in [1.82, 2.24) is 15.1 Å². The first-order valence-electron chi connectivity index (χ1n) is 12.7. The number of amides is 4. The van der Waals surface area contributed by atoms with Gasteiger partial charge in [-0.05, 0) is 44.1 Å². The van der Waals surface area contributed by atoms with Gasteiger partial charge in [0.15, 0.2) is 0 Å². The number of benzene rings is 1. The molecule has 0 aromatic heterocycles. The van der Waals surface area contributed by atoms with E-state index in [0.29, 0.717) is 38.8 Å². The minimum Gasteiger partial charge on any atom is -0.391 e. The molecule has 10 nitrogen and oxygen atoms in total. The average molecular weight is 502 g/mol. The summed E-state index contributed by atoms with van der Waals surface area (Å²) in [5.74, 6) is -2.08. The van der Waals surface area contributed by atoms with Crippen molar-refractivity contribution in [3.8, 4) is 0 Å². The first-order chi connectivity index (χ1) is 17.0. The fourth-order valence-corrected chi connectivity index (χ4v) is 5.34. The second kappa shape index (κ2) is 11.4. The van der Waals surface area contributed by atoms with Gasteiger partial charge in [-0.2, -0.15) is 0 Å². The van der Waals surface area contributed by atoms with Gasteiger partial charge >= 0.3 is 0 Å². The highest BCUT2D eigenvalue weighted by molar-refractivity contribution is 5.98. The number of likely N-dealkylation sites (tertiary alicyclic amines) is 2. The van der Waals surface area contributed by atoms with E-state index in [1.54, 1.807) is 18.7 Å². The van der Waals surface area contributed by atoms with Gasteiger partial charge < -0.3 is 31.7 Å². The number of hydrogen-bond donors (Lipinski definition) is 4. The Morgan fingerprint density at radius 1 is 1.11 bits per heavy atom. The zero-order chi connectivity index (χ0) is 26.6. The highest BCUT2D eigenvalue weighted by atomic mass is 16.3. The van der Waals surface area contributed by atoms with Crippen molar-refractivity contribution >= 4 is 23.6 Å². The van der Waals surface area contributed by atoms with Gasteiger partial charge in [-0.1, -0.05) is 44.2 Å². The van der Waals surface area contributed by atoms with Crippen molar-refractivity contribution < 1.29 is 24.3 Å². The number of carbonyl (C=O) groups is 4. The van der Waals surface area contributed by atoms with Gasteiger partial charge in [-0.15, -0.1) is 0 Å². The van der Waals surface area contributed by atoms with Crippen LogP contribution in [0.3, 0.4) is 0 Å². The number of aliphatic hydroxyl groups excluding tert-OH is 1. The van der Waals surface area contributed by atoms with Crippen LogP contribution in [0.1, 0.15) is 52.0 Å². The van der Waals surface area contributed by atoms with Gasteiger partial charge in [0, 0.05) is 19.5 Å². The molecule has 36 heavy (non-hydrogen) atoms. The lowest BCUT2D eigenvalue weighted by molar-refractivity contribution is -0.152. The molecule has 0 bridgehead atoms. The minimum absolute atomic E-state index is 0.226. The Morgan fingerprint density at radius 3 is 2.36 bits per heavy atom. The fraction of sp³-hybridized carbons (Fsp3) is 0.615.